The van der Waals surface area contributed by atoms with Gasteiger partial charge in [0.1, 0.15) is 5.78 Å². The third-order valence-electron chi connectivity index (χ3n) is 6.03. The highest BCUT2D eigenvalue weighted by Gasteiger charge is 2.36. The first-order valence-electron chi connectivity index (χ1n) is 9.46. The van der Waals surface area contributed by atoms with Crippen LogP contribution in [0.25, 0.3) is 0 Å². The minimum Gasteiger partial charge on any atom is -0.492 e. The van der Waals surface area contributed by atoms with Gasteiger partial charge in [0, 0.05) is 30.5 Å². The van der Waals surface area contributed by atoms with Crippen molar-refractivity contribution in [3.63, 3.8) is 0 Å². The summed E-state index contributed by atoms with van der Waals surface area (Å²) >= 11 is 0. The maximum atomic E-state index is 13.0. The molecule has 1 aromatic rings. The minimum atomic E-state index is 0.0303. The highest BCUT2D eigenvalue weighted by molar-refractivity contribution is 5.82. The van der Waals surface area contributed by atoms with Gasteiger partial charge in [0.25, 0.3) is 0 Å². The fourth-order valence-electron chi connectivity index (χ4n) is 4.40. The first kappa shape index (κ1) is 17.4. The van der Waals surface area contributed by atoms with Crippen molar-refractivity contribution in [2.75, 3.05) is 27.5 Å². The van der Waals surface area contributed by atoms with Crippen LogP contribution in [0.1, 0.15) is 49.8 Å². The molecule has 0 aromatic heterocycles. The molecule has 0 radical (unpaired) electrons. The first-order valence-corrected chi connectivity index (χ1v) is 9.46. The van der Waals surface area contributed by atoms with Crippen molar-refractivity contribution in [2.45, 2.75) is 45.1 Å². The van der Waals surface area contributed by atoms with E-state index in [1.165, 1.54) is 11.1 Å². The van der Waals surface area contributed by atoms with Gasteiger partial charge in [0.05, 0.1) is 7.11 Å². The van der Waals surface area contributed by atoms with E-state index in [0.717, 1.165) is 49.3 Å². The highest BCUT2D eigenvalue weighted by atomic mass is 16.7. The second-order valence-electron chi connectivity index (χ2n) is 7.66. The van der Waals surface area contributed by atoms with Crippen molar-refractivity contribution >= 4 is 5.78 Å². The summed E-state index contributed by atoms with van der Waals surface area (Å²) in [6.07, 6.45) is 6.57. The van der Waals surface area contributed by atoms with Gasteiger partial charge in [-0.1, -0.05) is 11.6 Å². The van der Waals surface area contributed by atoms with Crippen molar-refractivity contribution in [3.8, 4) is 17.2 Å². The predicted molar refractivity (Wildman–Crippen MR) is 98.9 cm³/mol. The lowest BCUT2D eigenvalue weighted by Crippen LogP contribution is -2.35. The van der Waals surface area contributed by atoms with Crippen LogP contribution in [0, 0.1) is 5.92 Å². The number of ether oxygens (including phenoxy) is 3. The molecule has 1 aliphatic carbocycles. The fraction of sp³-hybridized carbons (Fsp3) is 0.571. The summed E-state index contributed by atoms with van der Waals surface area (Å²) in [7, 11) is 3.76. The molecule has 0 amide bonds. The number of benzene rings is 1. The van der Waals surface area contributed by atoms with Gasteiger partial charge in [-0.15, -0.1) is 0 Å². The molecule has 5 nitrogen and oxygen atoms in total. The van der Waals surface area contributed by atoms with E-state index in [9.17, 15) is 4.79 Å². The van der Waals surface area contributed by atoms with Gasteiger partial charge < -0.3 is 14.2 Å². The molecule has 4 rings (SSSR count). The number of ketones is 1. The van der Waals surface area contributed by atoms with E-state index in [-0.39, 0.29) is 18.8 Å². The monoisotopic (exact) mass is 357 g/mol. The fourth-order valence-corrected chi connectivity index (χ4v) is 4.40. The van der Waals surface area contributed by atoms with Crippen LogP contribution in [0.5, 0.6) is 17.2 Å². The van der Waals surface area contributed by atoms with Crippen LogP contribution in [-0.2, 0) is 11.2 Å². The van der Waals surface area contributed by atoms with E-state index in [2.05, 4.69) is 31.0 Å². The number of rotatable bonds is 4. The summed E-state index contributed by atoms with van der Waals surface area (Å²) in [4.78, 5) is 15.3. The van der Waals surface area contributed by atoms with E-state index in [1.807, 2.05) is 0 Å². The topological polar surface area (TPSA) is 48.0 Å². The number of nitrogens with zero attached hydrogens (tertiary/aromatic N) is 1. The highest BCUT2D eigenvalue weighted by Crippen LogP contribution is 2.50. The molecule has 0 unspecified atom stereocenters. The van der Waals surface area contributed by atoms with Crippen molar-refractivity contribution in [3.05, 3.63) is 28.8 Å². The van der Waals surface area contributed by atoms with Crippen LogP contribution in [0.3, 0.4) is 0 Å². The predicted octanol–water partition coefficient (Wildman–Crippen LogP) is 3.66. The minimum absolute atomic E-state index is 0.0303. The average Bonchev–Trinajstić information content (AvgIpc) is 3.11. The molecule has 0 N–H and O–H groups in total. The van der Waals surface area contributed by atoms with Crippen molar-refractivity contribution in [2.24, 2.45) is 5.92 Å². The van der Waals surface area contributed by atoms with Crippen LogP contribution in [0.2, 0.25) is 0 Å². The number of Topliss-reactive ketones (excluding diaryl/α,β-unsaturated/α-hetero) is 1. The zero-order valence-electron chi connectivity index (χ0n) is 15.8. The summed E-state index contributed by atoms with van der Waals surface area (Å²) in [5, 5.41) is 0. The molecule has 5 heteroatoms. The molecule has 140 valence electrons. The van der Waals surface area contributed by atoms with Crippen LogP contribution in [0.15, 0.2) is 17.7 Å². The largest absolute Gasteiger partial charge is 0.492 e. The van der Waals surface area contributed by atoms with Gasteiger partial charge in [0.15, 0.2) is 11.5 Å². The van der Waals surface area contributed by atoms with Gasteiger partial charge in [-0.05, 0) is 51.3 Å². The Kier molecular flexibility index (Phi) is 4.65. The van der Waals surface area contributed by atoms with Crippen LogP contribution >= 0.6 is 0 Å². The molecule has 0 bridgehead atoms. The van der Waals surface area contributed by atoms with Gasteiger partial charge in [0.2, 0.25) is 12.5 Å². The van der Waals surface area contributed by atoms with E-state index < -0.39 is 0 Å². The standard InChI is InChI=1S/C21H27NO4/c1-13-4-6-14(7-5-13)17(23)11-16-19-15(8-9-22(16)2)10-18-20(21(19)24-3)26-12-25-18/h4,10,14,16H,5-9,11-12H2,1-3H3/t14-,16-/m1/s1. The normalized spacial score (nSPS) is 24.8. The molecule has 0 saturated carbocycles. The number of fused-ring (bicyclic) bond motifs is 2. The molecule has 26 heavy (non-hydrogen) atoms. The Bertz CT molecular complexity index is 755. The summed E-state index contributed by atoms with van der Waals surface area (Å²) in [6.45, 7) is 3.30. The van der Waals surface area contributed by atoms with E-state index in [0.29, 0.717) is 18.0 Å². The van der Waals surface area contributed by atoms with Crippen LogP contribution in [-0.4, -0.2) is 38.2 Å². The lowest BCUT2D eigenvalue weighted by molar-refractivity contribution is -0.124. The third kappa shape index (κ3) is 2.98. The second kappa shape index (κ2) is 6.95. The SMILES string of the molecule is COc1c2c(cc3c1[C@@H](CC(=O)[C@@H]1CC=C(C)CC1)N(C)CC3)OCO2. The number of hydrogen-bond acceptors (Lipinski definition) is 5. The number of likely N-dealkylation sites (N-methyl/N-ethyl adjacent to an activating group) is 1. The maximum absolute atomic E-state index is 13.0. The van der Waals surface area contributed by atoms with Crippen molar-refractivity contribution < 1.29 is 19.0 Å². The molecule has 0 fully saturated rings. The number of hydrogen-bond donors (Lipinski definition) is 0. The zero-order valence-corrected chi connectivity index (χ0v) is 15.8. The van der Waals surface area contributed by atoms with E-state index in [4.69, 9.17) is 14.2 Å². The maximum Gasteiger partial charge on any atom is 0.231 e. The molecule has 0 spiro atoms. The van der Waals surface area contributed by atoms with E-state index >= 15 is 0 Å². The Balaban J connectivity index is 1.64. The second-order valence-corrected chi connectivity index (χ2v) is 7.66. The third-order valence-corrected chi connectivity index (χ3v) is 6.03. The molecule has 2 atom stereocenters. The lowest BCUT2D eigenvalue weighted by atomic mass is 9.82. The van der Waals surface area contributed by atoms with Gasteiger partial charge >= 0.3 is 0 Å². The average molecular weight is 357 g/mol. The van der Waals surface area contributed by atoms with Gasteiger partial charge in [-0.3, -0.25) is 9.69 Å². The number of carbonyl (C=O) groups excluding carboxylic acids is 1. The molecule has 1 aromatic carbocycles. The smallest absolute Gasteiger partial charge is 0.231 e. The van der Waals surface area contributed by atoms with Crippen molar-refractivity contribution in [1.82, 2.24) is 4.90 Å². The zero-order chi connectivity index (χ0) is 18.3. The molecule has 2 heterocycles. The Morgan fingerprint density at radius 3 is 2.92 bits per heavy atom. The van der Waals surface area contributed by atoms with Crippen molar-refractivity contribution in [1.29, 1.82) is 0 Å². The number of methoxy groups -OCH3 is 1. The lowest BCUT2D eigenvalue weighted by Gasteiger charge is -2.36. The molecular formula is C21H27NO4. The summed E-state index contributed by atoms with van der Waals surface area (Å²) in [6, 6.07) is 2.10. The number of allylic oxidation sites excluding steroid dienone is 2. The molecule has 3 aliphatic rings. The van der Waals surface area contributed by atoms with Crippen LogP contribution < -0.4 is 14.2 Å². The first-order chi connectivity index (χ1) is 12.6. The summed E-state index contributed by atoms with van der Waals surface area (Å²) < 4.78 is 16.9. The summed E-state index contributed by atoms with van der Waals surface area (Å²) in [5.74, 6) is 2.67. The van der Waals surface area contributed by atoms with Gasteiger partial charge in [-0.25, -0.2) is 0 Å². The van der Waals surface area contributed by atoms with Gasteiger partial charge in [-0.2, -0.15) is 0 Å². The Morgan fingerprint density at radius 1 is 1.35 bits per heavy atom. The molecular weight excluding hydrogens is 330 g/mol. The van der Waals surface area contributed by atoms with Crippen LogP contribution in [0.4, 0.5) is 0 Å². The van der Waals surface area contributed by atoms with E-state index in [1.54, 1.807) is 7.11 Å². The molecule has 2 aliphatic heterocycles. The summed E-state index contributed by atoms with van der Waals surface area (Å²) in [5.41, 5.74) is 3.71. The quantitative estimate of drug-likeness (QED) is 0.770. The Hall–Kier alpha value is -2.01. The molecule has 0 saturated heterocycles. The number of carbonyl (C=O) groups is 1. The Morgan fingerprint density at radius 2 is 2.19 bits per heavy atom. The Labute approximate surface area is 154 Å².